The summed E-state index contributed by atoms with van der Waals surface area (Å²) in [7, 11) is 3.22. The predicted molar refractivity (Wildman–Crippen MR) is 113 cm³/mol. The number of thioether (sulfide) groups is 1. The van der Waals surface area contributed by atoms with Crippen LogP contribution in [0.4, 0.5) is 5.00 Å². The second-order valence-electron chi connectivity index (χ2n) is 5.87. The lowest BCUT2D eigenvalue weighted by atomic mass is 10.1. The zero-order valence-electron chi connectivity index (χ0n) is 15.9. The second kappa shape index (κ2) is 8.89. The van der Waals surface area contributed by atoms with Crippen LogP contribution in [0.25, 0.3) is 10.7 Å². The Morgan fingerprint density at radius 1 is 1.36 bits per heavy atom. The molecule has 0 saturated heterocycles. The molecule has 3 rings (SSSR count). The Morgan fingerprint density at radius 2 is 2.14 bits per heavy atom. The number of amides is 1. The van der Waals surface area contributed by atoms with Gasteiger partial charge < -0.3 is 14.6 Å². The summed E-state index contributed by atoms with van der Waals surface area (Å²) in [5.74, 6) is 0.292. The van der Waals surface area contributed by atoms with E-state index < -0.39 is 5.97 Å². The molecule has 1 amide bonds. The molecule has 0 atom stereocenters. The molecule has 7 nitrogen and oxygen atoms in total. The maximum Gasteiger partial charge on any atom is 0.341 e. The fraction of sp³-hybridized carbons (Fsp3) is 0.333. The van der Waals surface area contributed by atoms with Gasteiger partial charge in [-0.1, -0.05) is 24.8 Å². The first-order valence-electron chi connectivity index (χ1n) is 8.52. The van der Waals surface area contributed by atoms with Gasteiger partial charge in [-0.25, -0.2) is 4.79 Å². The summed E-state index contributed by atoms with van der Waals surface area (Å²) in [4.78, 5) is 26.7. The molecule has 0 aliphatic carbocycles. The number of esters is 1. The third kappa shape index (κ3) is 4.13. The van der Waals surface area contributed by atoms with Crippen molar-refractivity contribution < 1.29 is 14.3 Å². The standard InChI is InChI=1S/C18H20N4O3S3/c1-5-11-10(2)28-16(14(11)17(24)25-4)19-13(23)9-27-18-21-20-15(22(18)3)12-7-6-8-26-12/h6-8H,5,9H2,1-4H3,(H,19,23). The van der Waals surface area contributed by atoms with Gasteiger partial charge in [0, 0.05) is 11.9 Å². The maximum absolute atomic E-state index is 12.5. The minimum atomic E-state index is -0.432. The summed E-state index contributed by atoms with van der Waals surface area (Å²) < 4.78 is 6.76. The Hall–Kier alpha value is -2.17. The number of methoxy groups -OCH3 is 1. The summed E-state index contributed by atoms with van der Waals surface area (Å²) in [5, 5.41) is 14.4. The van der Waals surface area contributed by atoms with E-state index in [2.05, 4.69) is 15.5 Å². The van der Waals surface area contributed by atoms with E-state index in [9.17, 15) is 9.59 Å². The van der Waals surface area contributed by atoms with Crippen molar-refractivity contribution in [3.63, 3.8) is 0 Å². The van der Waals surface area contributed by atoms with Crippen LogP contribution in [0.1, 0.15) is 27.7 Å². The maximum atomic E-state index is 12.5. The molecule has 3 aromatic rings. The molecule has 10 heteroatoms. The normalized spacial score (nSPS) is 10.9. The number of carbonyl (C=O) groups excluding carboxylic acids is 2. The lowest BCUT2D eigenvalue weighted by Gasteiger charge is -2.07. The molecule has 0 radical (unpaired) electrons. The van der Waals surface area contributed by atoms with Gasteiger partial charge in [-0.15, -0.1) is 32.9 Å². The van der Waals surface area contributed by atoms with Crippen molar-refractivity contribution in [2.24, 2.45) is 7.05 Å². The lowest BCUT2D eigenvalue weighted by Crippen LogP contribution is -2.16. The average molecular weight is 437 g/mol. The fourth-order valence-electron chi connectivity index (χ4n) is 2.76. The first kappa shape index (κ1) is 20.6. The summed E-state index contributed by atoms with van der Waals surface area (Å²) in [6.45, 7) is 3.91. The Bertz CT molecular complexity index is 992. The molecule has 3 heterocycles. The van der Waals surface area contributed by atoms with E-state index in [0.29, 0.717) is 22.1 Å². The van der Waals surface area contributed by atoms with Gasteiger partial charge in [0.05, 0.1) is 23.3 Å². The molecular formula is C18H20N4O3S3. The van der Waals surface area contributed by atoms with Gasteiger partial charge >= 0.3 is 5.97 Å². The van der Waals surface area contributed by atoms with E-state index >= 15 is 0 Å². The monoisotopic (exact) mass is 436 g/mol. The largest absolute Gasteiger partial charge is 0.465 e. The SMILES string of the molecule is CCc1c(C)sc(NC(=O)CSc2nnc(-c3cccs3)n2C)c1C(=O)OC. The quantitative estimate of drug-likeness (QED) is 0.445. The molecule has 0 aromatic carbocycles. The summed E-state index contributed by atoms with van der Waals surface area (Å²) in [6.07, 6.45) is 0.696. The Morgan fingerprint density at radius 3 is 2.79 bits per heavy atom. The molecule has 0 aliphatic rings. The van der Waals surface area contributed by atoms with Gasteiger partial charge in [-0.05, 0) is 30.4 Å². The topological polar surface area (TPSA) is 86.1 Å². The number of nitrogens with zero attached hydrogens (tertiary/aromatic N) is 3. The minimum Gasteiger partial charge on any atom is -0.465 e. The predicted octanol–water partition coefficient (Wildman–Crippen LogP) is 3.99. The number of aryl methyl sites for hydroxylation is 1. The van der Waals surface area contributed by atoms with Gasteiger partial charge in [0.25, 0.3) is 0 Å². The van der Waals surface area contributed by atoms with Gasteiger partial charge in [0.15, 0.2) is 11.0 Å². The van der Waals surface area contributed by atoms with Crippen molar-refractivity contribution >= 4 is 51.3 Å². The Labute approximate surface area is 175 Å². The van der Waals surface area contributed by atoms with Crippen LogP contribution >= 0.6 is 34.4 Å². The van der Waals surface area contributed by atoms with Gasteiger partial charge in [0.2, 0.25) is 5.91 Å². The van der Waals surface area contributed by atoms with Crippen LogP contribution in [0.2, 0.25) is 0 Å². The van der Waals surface area contributed by atoms with Gasteiger partial charge in [-0.3, -0.25) is 4.79 Å². The zero-order chi connectivity index (χ0) is 20.3. The third-order valence-corrected chi connectivity index (χ3v) is 7.06. The van der Waals surface area contributed by atoms with E-state index in [-0.39, 0.29) is 11.7 Å². The molecule has 28 heavy (non-hydrogen) atoms. The molecule has 0 fully saturated rings. The van der Waals surface area contributed by atoms with E-state index in [0.717, 1.165) is 21.1 Å². The van der Waals surface area contributed by atoms with Crippen LogP contribution in [0.5, 0.6) is 0 Å². The van der Waals surface area contributed by atoms with Crippen molar-refractivity contribution in [1.29, 1.82) is 0 Å². The van der Waals surface area contributed by atoms with Crippen LogP contribution in [0, 0.1) is 6.92 Å². The number of rotatable bonds is 7. The molecular weight excluding hydrogens is 416 g/mol. The molecule has 0 saturated carbocycles. The van der Waals surface area contributed by atoms with Crippen molar-refractivity contribution in [2.75, 3.05) is 18.2 Å². The van der Waals surface area contributed by atoms with Crippen LogP contribution < -0.4 is 5.32 Å². The summed E-state index contributed by atoms with van der Waals surface area (Å²) in [5.41, 5.74) is 1.36. The molecule has 0 aliphatic heterocycles. The summed E-state index contributed by atoms with van der Waals surface area (Å²) in [6, 6.07) is 3.94. The van der Waals surface area contributed by atoms with Crippen molar-refractivity contribution in [3.8, 4) is 10.7 Å². The number of hydrogen-bond acceptors (Lipinski definition) is 8. The van der Waals surface area contributed by atoms with Crippen molar-refractivity contribution in [3.05, 3.63) is 33.5 Å². The molecule has 1 N–H and O–H groups in total. The van der Waals surface area contributed by atoms with Gasteiger partial charge in [-0.2, -0.15) is 0 Å². The summed E-state index contributed by atoms with van der Waals surface area (Å²) >= 11 is 4.28. The highest BCUT2D eigenvalue weighted by Gasteiger charge is 2.23. The van der Waals surface area contributed by atoms with Crippen molar-refractivity contribution in [1.82, 2.24) is 14.8 Å². The van der Waals surface area contributed by atoms with Crippen LogP contribution in [-0.2, 0) is 23.0 Å². The molecule has 0 bridgehead atoms. The van der Waals surface area contributed by atoms with E-state index in [1.54, 1.807) is 11.3 Å². The van der Waals surface area contributed by atoms with E-state index in [1.165, 1.54) is 30.2 Å². The molecule has 3 aromatic heterocycles. The highest BCUT2D eigenvalue weighted by Crippen LogP contribution is 2.34. The lowest BCUT2D eigenvalue weighted by molar-refractivity contribution is -0.113. The Balaban J connectivity index is 1.70. The third-order valence-electron chi connectivity index (χ3n) is 4.11. The molecule has 0 unspecified atom stereocenters. The fourth-order valence-corrected chi connectivity index (χ4v) is 5.37. The van der Waals surface area contributed by atoms with Crippen molar-refractivity contribution in [2.45, 2.75) is 25.4 Å². The first-order chi connectivity index (χ1) is 13.5. The number of anilines is 1. The van der Waals surface area contributed by atoms with E-state index in [1.807, 2.05) is 43.0 Å². The minimum absolute atomic E-state index is 0.162. The number of aromatic nitrogens is 3. The van der Waals surface area contributed by atoms with Crippen LogP contribution in [0.3, 0.4) is 0 Å². The smallest absolute Gasteiger partial charge is 0.341 e. The highest BCUT2D eigenvalue weighted by atomic mass is 32.2. The first-order valence-corrected chi connectivity index (χ1v) is 11.2. The zero-order valence-corrected chi connectivity index (χ0v) is 18.4. The van der Waals surface area contributed by atoms with E-state index in [4.69, 9.17) is 4.74 Å². The number of carbonyl (C=O) groups is 2. The average Bonchev–Trinajstić information content (AvgIpc) is 3.38. The number of ether oxygens (including phenoxy) is 1. The number of hydrogen-bond donors (Lipinski definition) is 1. The Kier molecular flexibility index (Phi) is 6.53. The molecule has 148 valence electrons. The van der Waals surface area contributed by atoms with Gasteiger partial charge in [0.1, 0.15) is 5.00 Å². The van der Waals surface area contributed by atoms with Crippen LogP contribution in [0.15, 0.2) is 22.7 Å². The number of nitrogens with one attached hydrogen (secondary N) is 1. The molecule has 0 spiro atoms. The van der Waals surface area contributed by atoms with Crippen LogP contribution in [-0.4, -0.2) is 39.5 Å². The highest BCUT2D eigenvalue weighted by molar-refractivity contribution is 7.99. The second-order valence-corrected chi connectivity index (χ2v) is 8.98. The number of thiophene rings is 2.